The lowest BCUT2D eigenvalue weighted by Gasteiger charge is -2.26. The lowest BCUT2D eigenvalue weighted by atomic mass is 10.1. The summed E-state index contributed by atoms with van der Waals surface area (Å²) in [6, 6.07) is 1.55. The number of primary amides is 1. The summed E-state index contributed by atoms with van der Waals surface area (Å²) < 4.78 is 38.2. The molecule has 1 atom stereocenters. The van der Waals surface area contributed by atoms with Crippen molar-refractivity contribution < 1.29 is 18.0 Å². The Kier molecular flexibility index (Phi) is 3.85. The van der Waals surface area contributed by atoms with Gasteiger partial charge in [-0.1, -0.05) is 6.07 Å². The first-order chi connectivity index (χ1) is 9.34. The van der Waals surface area contributed by atoms with Crippen LogP contribution in [0.5, 0.6) is 0 Å². The number of alkyl halides is 3. The van der Waals surface area contributed by atoms with Gasteiger partial charge in [-0.3, -0.25) is 4.79 Å². The van der Waals surface area contributed by atoms with Crippen molar-refractivity contribution in [2.45, 2.75) is 31.6 Å². The minimum atomic E-state index is -4.54. The van der Waals surface area contributed by atoms with E-state index in [1.807, 2.05) is 0 Å². The summed E-state index contributed by atoms with van der Waals surface area (Å²) >= 11 is 0. The molecule has 0 aromatic carbocycles. The number of aromatic nitrogens is 1. The number of pyridine rings is 1. The molecule has 1 aliphatic rings. The summed E-state index contributed by atoms with van der Waals surface area (Å²) in [5, 5.41) is 0. The van der Waals surface area contributed by atoms with Gasteiger partial charge in [0.05, 0.1) is 0 Å². The van der Waals surface area contributed by atoms with Crippen LogP contribution in [0.25, 0.3) is 0 Å². The predicted octanol–water partition coefficient (Wildman–Crippen LogP) is 1.01. The van der Waals surface area contributed by atoms with Crippen LogP contribution in [0.3, 0.4) is 0 Å². The number of halogens is 3. The second kappa shape index (κ2) is 5.28. The van der Waals surface area contributed by atoms with Crippen LogP contribution in [0.2, 0.25) is 0 Å². The van der Waals surface area contributed by atoms with Crippen molar-refractivity contribution >= 4 is 11.7 Å². The average Bonchev–Trinajstić information content (AvgIpc) is 2.86. The molecule has 1 aliphatic heterocycles. The van der Waals surface area contributed by atoms with Crippen LogP contribution in [0.15, 0.2) is 12.1 Å². The summed E-state index contributed by atoms with van der Waals surface area (Å²) in [7, 11) is 0. The van der Waals surface area contributed by atoms with Crippen LogP contribution in [0, 0.1) is 0 Å². The van der Waals surface area contributed by atoms with Gasteiger partial charge in [-0.05, 0) is 18.9 Å². The summed E-state index contributed by atoms with van der Waals surface area (Å²) in [6.07, 6.45) is -3.35. The quantitative estimate of drug-likeness (QED) is 0.869. The SMILES string of the molecule is NCc1ccc(C(F)(F)F)nc1N1CCCC1C(N)=O. The van der Waals surface area contributed by atoms with E-state index in [2.05, 4.69) is 4.98 Å². The fourth-order valence-corrected chi connectivity index (χ4v) is 2.36. The highest BCUT2D eigenvalue weighted by molar-refractivity contribution is 5.84. The molecule has 1 unspecified atom stereocenters. The molecular formula is C12H15F3N4O. The summed E-state index contributed by atoms with van der Waals surface area (Å²) in [5.41, 5.74) is 10.3. The van der Waals surface area contributed by atoms with E-state index in [1.165, 1.54) is 11.0 Å². The van der Waals surface area contributed by atoms with Gasteiger partial charge in [0.2, 0.25) is 5.91 Å². The highest BCUT2D eigenvalue weighted by Gasteiger charge is 2.36. The summed E-state index contributed by atoms with van der Waals surface area (Å²) in [4.78, 5) is 16.5. The van der Waals surface area contributed by atoms with Crippen molar-refractivity contribution in [3.8, 4) is 0 Å². The Morgan fingerprint density at radius 3 is 2.70 bits per heavy atom. The van der Waals surface area contributed by atoms with Crippen molar-refractivity contribution in [1.29, 1.82) is 0 Å². The van der Waals surface area contributed by atoms with Crippen LogP contribution < -0.4 is 16.4 Å². The Labute approximate surface area is 113 Å². The number of carbonyl (C=O) groups excluding carboxylic acids is 1. The Hall–Kier alpha value is -1.83. The van der Waals surface area contributed by atoms with E-state index in [-0.39, 0.29) is 12.4 Å². The lowest BCUT2D eigenvalue weighted by molar-refractivity contribution is -0.141. The molecule has 1 amide bonds. The van der Waals surface area contributed by atoms with Gasteiger partial charge in [0.1, 0.15) is 17.6 Å². The zero-order valence-electron chi connectivity index (χ0n) is 10.7. The number of rotatable bonds is 3. The minimum absolute atomic E-state index is 0.0441. The van der Waals surface area contributed by atoms with Crippen LogP contribution in [-0.2, 0) is 17.5 Å². The number of amides is 1. The van der Waals surface area contributed by atoms with Gasteiger partial charge in [0, 0.05) is 18.7 Å². The van der Waals surface area contributed by atoms with Crippen LogP contribution in [0.1, 0.15) is 24.1 Å². The van der Waals surface area contributed by atoms with Crippen molar-refractivity contribution in [1.82, 2.24) is 4.98 Å². The molecule has 110 valence electrons. The molecule has 0 aliphatic carbocycles. The lowest BCUT2D eigenvalue weighted by Crippen LogP contribution is -2.41. The average molecular weight is 288 g/mol. The Morgan fingerprint density at radius 1 is 1.45 bits per heavy atom. The number of nitrogens with zero attached hydrogens (tertiary/aromatic N) is 2. The number of anilines is 1. The van der Waals surface area contributed by atoms with Crippen molar-refractivity contribution in [2.75, 3.05) is 11.4 Å². The van der Waals surface area contributed by atoms with Crippen molar-refractivity contribution in [3.05, 3.63) is 23.4 Å². The standard InChI is InChI=1S/C12H15F3N4O/c13-12(14,15)9-4-3-7(6-16)11(18-9)19-5-1-2-8(19)10(17)20/h3-4,8H,1-2,5-6,16H2,(H2,17,20). The van der Waals surface area contributed by atoms with Gasteiger partial charge in [0.15, 0.2) is 0 Å². The molecule has 1 saturated heterocycles. The van der Waals surface area contributed by atoms with Gasteiger partial charge in [-0.2, -0.15) is 13.2 Å². The Balaban J connectivity index is 2.45. The molecule has 0 radical (unpaired) electrons. The fourth-order valence-electron chi connectivity index (χ4n) is 2.36. The van der Waals surface area contributed by atoms with Crippen molar-refractivity contribution in [3.63, 3.8) is 0 Å². The normalized spacial score (nSPS) is 19.4. The molecule has 5 nitrogen and oxygen atoms in total. The molecule has 8 heteroatoms. The molecule has 2 rings (SSSR count). The van der Waals surface area contributed by atoms with E-state index in [9.17, 15) is 18.0 Å². The Morgan fingerprint density at radius 2 is 2.15 bits per heavy atom. The monoisotopic (exact) mass is 288 g/mol. The van der Waals surface area contributed by atoms with E-state index in [4.69, 9.17) is 11.5 Å². The van der Waals surface area contributed by atoms with Crippen LogP contribution in [-0.4, -0.2) is 23.5 Å². The number of carbonyl (C=O) groups is 1. The third-order valence-electron chi connectivity index (χ3n) is 3.32. The van der Waals surface area contributed by atoms with E-state index in [1.54, 1.807) is 0 Å². The fraction of sp³-hybridized carbons (Fsp3) is 0.500. The second-order valence-electron chi connectivity index (χ2n) is 4.63. The highest BCUT2D eigenvalue weighted by atomic mass is 19.4. The highest BCUT2D eigenvalue weighted by Crippen LogP contribution is 2.32. The van der Waals surface area contributed by atoms with Gasteiger partial charge in [-0.15, -0.1) is 0 Å². The maximum Gasteiger partial charge on any atom is 0.433 e. The number of hydrogen-bond acceptors (Lipinski definition) is 4. The van der Waals surface area contributed by atoms with Gasteiger partial charge in [0.25, 0.3) is 0 Å². The zero-order valence-corrected chi connectivity index (χ0v) is 10.7. The third-order valence-corrected chi connectivity index (χ3v) is 3.32. The molecule has 4 N–H and O–H groups in total. The smallest absolute Gasteiger partial charge is 0.368 e. The van der Waals surface area contributed by atoms with Crippen molar-refractivity contribution in [2.24, 2.45) is 11.5 Å². The maximum atomic E-state index is 12.7. The van der Waals surface area contributed by atoms with E-state index in [0.717, 1.165) is 6.07 Å². The number of nitrogens with two attached hydrogens (primary N) is 2. The van der Waals surface area contributed by atoms with E-state index < -0.39 is 23.8 Å². The number of hydrogen-bond donors (Lipinski definition) is 2. The molecule has 2 heterocycles. The molecule has 0 bridgehead atoms. The first-order valence-electron chi connectivity index (χ1n) is 6.17. The first-order valence-corrected chi connectivity index (χ1v) is 6.17. The van der Waals surface area contributed by atoms with Crippen LogP contribution in [0.4, 0.5) is 19.0 Å². The van der Waals surface area contributed by atoms with Gasteiger partial charge in [-0.25, -0.2) is 4.98 Å². The molecule has 1 fully saturated rings. The Bertz CT molecular complexity index is 518. The zero-order chi connectivity index (χ0) is 14.9. The topological polar surface area (TPSA) is 85.2 Å². The second-order valence-corrected chi connectivity index (χ2v) is 4.63. The molecule has 20 heavy (non-hydrogen) atoms. The maximum absolute atomic E-state index is 12.7. The summed E-state index contributed by atoms with van der Waals surface area (Å²) in [6.45, 7) is 0.484. The molecule has 0 saturated carbocycles. The van der Waals surface area contributed by atoms with Gasteiger partial charge < -0.3 is 16.4 Å². The summed E-state index contributed by atoms with van der Waals surface area (Å²) in [5.74, 6) is -0.465. The molecule has 1 aromatic rings. The van der Waals surface area contributed by atoms with Gasteiger partial charge >= 0.3 is 6.18 Å². The molecule has 1 aromatic heterocycles. The van der Waals surface area contributed by atoms with E-state index >= 15 is 0 Å². The third kappa shape index (κ3) is 2.69. The predicted molar refractivity (Wildman–Crippen MR) is 66.7 cm³/mol. The first kappa shape index (κ1) is 14.6. The molecular weight excluding hydrogens is 273 g/mol. The molecule has 0 spiro atoms. The van der Waals surface area contributed by atoms with E-state index in [0.29, 0.717) is 24.9 Å². The van der Waals surface area contributed by atoms with Crippen LogP contribution >= 0.6 is 0 Å². The largest absolute Gasteiger partial charge is 0.433 e. The minimum Gasteiger partial charge on any atom is -0.368 e.